The molecule has 164 valence electrons. The van der Waals surface area contributed by atoms with E-state index in [-0.39, 0.29) is 5.91 Å². The maximum Gasteiger partial charge on any atom is 0.260 e. The van der Waals surface area contributed by atoms with Crippen LogP contribution in [0.2, 0.25) is 0 Å². The third-order valence-electron chi connectivity index (χ3n) is 5.32. The number of aryl methyl sites for hydroxylation is 2. The molecular formula is C26H27N3O2S. The van der Waals surface area contributed by atoms with E-state index in [1.807, 2.05) is 68.7 Å². The fourth-order valence-electron chi connectivity index (χ4n) is 3.31. The Morgan fingerprint density at radius 1 is 0.906 bits per heavy atom. The van der Waals surface area contributed by atoms with Crippen molar-refractivity contribution >= 4 is 32.6 Å². The first-order valence-electron chi connectivity index (χ1n) is 10.6. The number of rotatable bonds is 7. The predicted octanol–water partition coefficient (Wildman–Crippen LogP) is 5.91. The quantitative estimate of drug-likeness (QED) is 0.355. The Labute approximate surface area is 192 Å². The number of benzene rings is 3. The van der Waals surface area contributed by atoms with Gasteiger partial charge in [0.2, 0.25) is 0 Å². The van der Waals surface area contributed by atoms with Crippen LogP contribution in [0.15, 0.2) is 66.7 Å². The Bertz CT molecular complexity index is 1180. The van der Waals surface area contributed by atoms with Crippen molar-refractivity contribution in [1.29, 1.82) is 0 Å². The lowest BCUT2D eigenvalue weighted by Crippen LogP contribution is -2.36. The van der Waals surface area contributed by atoms with E-state index in [9.17, 15) is 4.79 Å². The first-order valence-corrected chi connectivity index (χ1v) is 11.4. The zero-order chi connectivity index (χ0) is 22.7. The smallest absolute Gasteiger partial charge is 0.260 e. The third-order valence-corrected chi connectivity index (χ3v) is 6.36. The minimum Gasteiger partial charge on any atom is -0.457 e. The highest BCUT2D eigenvalue weighted by atomic mass is 32.1. The van der Waals surface area contributed by atoms with Crippen LogP contribution in [0.25, 0.3) is 10.2 Å². The molecule has 0 spiro atoms. The van der Waals surface area contributed by atoms with Crippen LogP contribution in [0.1, 0.15) is 21.5 Å². The molecule has 4 rings (SSSR count). The van der Waals surface area contributed by atoms with Crippen LogP contribution in [0.5, 0.6) is 11.5 Å². The van der Waals surface area contributed by atoms with Crippen molar-refractivity contribution in [2.75, 3.05) is 32.1 Å². The van der Waals surface area contributed by atoms with Crippen molar-refractivity contribution in [3.8, 4) is 11.5 Å². The second-order valence-electron chi connectivity index (χ2n) is 8.10. The highest BCUT2D eigenvalue weighted by molar-refractivity contribution is 7.22. The van der Waals surface area contributed by atoms with Gasteiger partial charge in [-0.1, -0.05) is 29.5 Å². The molecule has 0 unspecified atom stereocenters. The van der Waals surface area contributed by atoms with Crippen molar-refractivity contribution in [3.63, 3.8) is 0 Å². The molecule has 3 aromatic carbocycles. The van der Waals surface area contributed by atoms with Crippen LogP contribution in [0.3, 0.4) is 0 Å². The molecule has 1 amide bonds. The summed E-state index contributed by atoms with van der Waals surface area (Å²) in [5, 5.41) is 0.724. The Morgan fingerprint density at radius 2 is 1.56 bits per heavy atom. The van der Waals surface area contributed by atoms with Gasteiger partial charge in [-0.15, -0.1) is 0 Å². The lowest BCUT2D eigenvalue weighted by atomic mass is 10.1. The third kappa shape index (κ3) is 4.98. The lowest BCUT2D eigenvalue weighted by molar-refractivity contribution is 0.0985. The van der Waals surface area contributed by atoms with Crippen LogP contribution < -0.4 is 9.64 Å². The number of aromatic nitrogens is 1. The van der Waals surface area contributed by atoms with Gasteiger partial charge >= 0.3 is 0 Å². The number of amides is 1. The molecule has 0 bridgehead atoms. The molecular weight excluding hydrogens is 418 g/mol. The molecule has 0 saturated heterocycles. The van der Waals surface area contributed by atoms with E-state index in [1.165, 1.54) is 11.1 Å². The molecule has 0 saturated carbocycles. The van der Waals surface area contributed by atoms with Gasteiger partial charge in [0.1, 0.15) is 11.5 Å². The van der Waals surface area contributed by atoms with Crippen LogP contribution in [0.4, 0.5) is 5.13 Å². The van der Waals surface area contributed by atoms with E-state index in [1.54, 1.807) is 16.2 Å². The number of para-hydroxylation sites is 1. The van der Waals surface area contributed by atoms with Gasteiger partial charge in [0.15, 0.2) is 5.13 Å². The van der Waals surface area contributed by atoms with Crippen LogP contribution in [0, 0.1) is 13.8 Å². The van der Waals surface area contributed by atoms with Crippen molar-refractivity contribution in [1.82, 2.24) is 9.88 Å². The number of carbonyl (C=O) groups is 1. The highest BCUT2D eigenvalue weighted by Crippen LogP contribution is 2.32. The van der Waals surface area contributed by atoms with Gasteiger partial charge in [-0.2, -0.15) is 0 Å². The van der Waals surface area contributed by atoms with Crippen molar-refractivity contribution in [2.24, 2.45) is 0 Å². The molecule has 0 N–H and O–H groups in total. The first kappa shape index (κ1) is 22.0. The summed E-state index contributed by atoms with van der Waals surface area (Å²) in [5.74, 6) is 1.39. The topological polar surface area (TPSA) is 45.7 Å². The van der Waals surface area contributed by atoms with Gasteiger partial charge in [-0.3, -0.25) is 9.69 Å². The van der Waals surface area contributed by atoms with E-state index in [4.69, 9.17) is 9.72 Å². The Morgan fingerprint density at radius 3 is 2.25 bits per heavy atom. The summed E-state index contributed by atoms with van der Waals surface area (Å²) >= 11 is 1.56. The molecule has 0 aliphatic heterocycles. The van der Waals surface area contributed by atoms with E-state index in [0.29, 0.717) is 17.9 Å². The van der Waals surface area contributed by atoms with Crippen LogP contribution in [-0.4, -0.2) is 43.0 Å². The number of thiazole rings is 1. The first-order chi connectivity index (χ1) is 15.4. The number of hydrogen-bond donors (Lipinski definition) is 0. The second kappa shape index (κ2) is 9.51. The monoisotopic (exact) mass is 445 g/mol. The molecule has 0 aliphatic rings. The van der Waals surface area contributed by atoms with E-state index in [0.717, 1.165) is 27.6 Å². The maximum atomic E-state index is 13.5. The van der Waals surface area contributed by atoms with Gasteiger partial charge < -0.3 is 9.64 Å². The van der Waals surface area contributed by atoms with E-state index in [2.05, 4.69) is 30.9 Å². The number of ether oxygens (including phenoxy) is 1. The summed E-state index contributed by atoms with van der Waals surface area (Å²) in [6.45, 7) is 5.49. The molecule has 5 nitrogen and oxygen atoms in total. The highest BCUT2D eigenvalue weighted by Gasteiger charge is 2.22. The summed E-state index contributed by atoms with van der Waals surface area (Å²) < 4.78 is 6.95. The Balaban J connectivity index is 1.60. The van der Waals surface area contributed by atoms with Crippen molar-refractivity contribution in [3.05, 3.63) is 83.4 Å². The second-order valence-corrected chi connectivity index (χ2v) is 9.11. The molecule has 32 heavy (non-hydrogen) atoms. The maximum absolute atomic E-state index is 13.5. The van der Waals surface area contributed by atoms with Gasteiger partial charge in [0.05, 0.1) is 10.2 Å². The lowest BCUT2D eigenvalue weighted by Gasteiger charge is -2.22. The number of carbonyl (C=O) groups excluding carboxylic acids is 1. The van der Waals surface area contributed by atoms with Crippen molar-refractivity contribution < 1.29 is 9.53 Å². The standard InChI is InChI=1S/C26H27N3O2S/c1-18-16-23-24(17-19(18)2)32-26(27-23)29(15-14-28(3)4)25(30)20-10-12-22(13-11-20)31-21-8-6-5-7-9-21/h5-13,16-17H,14-15H2,1-4H3. The summed E-state index contributed by atoms with van der Waals surface area (Å²) in [6, 6.07) is 21.1. The molecule has 4 aromatic rings. The average Bonchev–Trinajstić information content (AvgIpc) is 3.17. The predicted molar refractivity (Wildman–Crippen MR) is 132 cm³/mol. The Hall–Kier alpha value is -3.22. The van der Waals surface area contributed by atoms with E-state index < -0.39 is 0 Å². The number of hydrogen-bond acceptors (Lipinski definition) is 5. The summed E-state index contributed by atoms with van der Waals surface area (Å²) in [5.41, 5.74) is 3.97. The number of nitrogens with zero attached hydrogens (tertiary/aromatic N) is 3. The fraction of sp³-hybridized carbons (Fsp3) is 0.231. The van der Waals surface area contributed by atoms with Crippen molar-refractivity contribution in [2.45, 2.75) is 13.8 Å². The molecule has 0 radical (unpaired) electrons. The Kier molecular flexibility index (Phi) is 6.53. The minimum absolute atomic E-state index is 0.0642. The molecule has 1 heterocycles. The number of fused-ring (bicyclic) bond motifs is 1. The molecule has 0 fully saturated rings. The van der Waals surface area contributed by atoms with Gasteiger partial charge in [0, 0.05) is 18.7 Å². The van der Waals surface area contributed by atoms with Gasteiger partial charge in [-0.05, 0) is 87.6 Å². The summed E-state index contributed by atoms with van der Waals surface area (Å²) in [4.78, 5) is 22.1. The zero-order valence-corrected chi connectivity index (χ0v) is 19.6. The fourth-order valence-corrected chi connectivity index (χ4v) is 4.38. The average molecular weight is 446 g/mol. The zero-order valence-electron chi connectivity index (χ0n) is 18.8. The normalized spacial score (nSPS) is 11.2. The molecule has 6 heteroatoms. The summed E-state index contributed by atoms with van der Waals surface area (Å²) in [7, 11) is 4.01. The van der Waals surface area contributed by atoms with Crippen LogP contribution in [-0.2, 0) is 0 Å². The van der Waals surface area contributed by atoms with Gasteiger partial charge in [0.25, 0.3) is 5.91 Å². The molecule has 0 aliphatic carbocycles. The number of likely N-dealkylation sites (N-methyl/N-ethyl adjacent to an activating group) is 1. The minimum atomic E-state index is -0.0642. The van der Waals surface area contributed by atoms with Crippen LogP contribution >= 0.6 is 11.3 Å². The SMILES string of the molecule is Cc1cc2nc(N(CCN(C)C)C(=O)c3ccc(Oc4ccccc4)cc3)sc2cc1C. The molecule has 1 aromatic heterocycles. The van der Waals surface area contributed by atoms with Gasteiger partial charge in [-0.25, -0.2) is 4.98 Å². The largest absolute Gasteiger partial charge is 0.457 e. The van der Waals surface area contributed by atoms with E-state index >= 15 is 0 Å². The summed E-state index contributed by atoms with van der Waals surface area (Å²) in [6.07, 6.45) is 0. The number of anilines is 1. The molecule has 0 atom stereocenters.